The van der Waals surface area contributed by atoms with E-state index in [9.17, 15) is 0 Å². The molecule has 0 amide bonds. The Balaban J connectivity index is 1.38. The van der Waals surface area contributed by atoms with Crippen molar-refractivity contribution >= 4 is 68.2 Å². The van der Waals surface area contributed by atoms with E-state index in [2.05, 4.69) is 103 Å². The van der Waals surface area contributed by atoms with Crippen molar-refractivity contribution in [3.63, 3.8) is 0 Å². The standard InChI is InChI=1S/C34H20N8OS/c1-5-13-29-21(9-1)41(22-10-2-6-14-30(22)43-29)27-17-25-26(40-20-36-38-34(40)33-37-35-19-39(25)33)18-28(27)42-23-11-3-7-15-31(23)44-32-16-8-4-12-24(32)42/h1-20H. The summed E-state index contributed by atoms with van der Waals surface area (Å²) in [4.78, 5) is 7.03. The van der Waals surface area contributed by atoms with Crippen LogP contribution in [-0.4, -0.2) is 29.2 Å². The number of anilines is 6. The van der Waals surface area contributed by atoms with E-state index in [1.807, 2.05) is 45.2 Å². The number of hydrogen-bond donors (Lipinski definition) is 0. The molecular formula is C34H20N8OS. The van der Waals surface area contributed by atoms with Gasteiger partial charge >= 0.3 is 0 Å². The average molecular weight is 589 g/mol. The fourth-order valence-corrected chi connectivity index (χ4v) is 7.41. The largest absolute Gasteiger partial charge is 0.453 e. The third kappa shape index (κ3) is 3.20. The second-order valence-electron chi connectivity index (χ2n) is 10.6. The summed E-state index contributed by atoms with van der Waals surface area (Å²) < 4.78 is 10.4. The van der Waals surface area contributed by atoms with Gasteiger partial charge in [0.2, 0.25) is 11.3 Å². The Kier molecular flexibility index (Phi) is 4.74. The van der Waals surface area contributed by atoms with Crippen LogP contribution in [0.4, 0.5) is 34.1 Å². The molecule has 10 heteroatoms. The van der Waals surface area contributed by atoms with Crippen molar-refractivity contribution in [2.24, 2.45) is 0 Å². The lowest BCUT2D eigenvalue weighted by molar-refractivity contribution is 0.477. The maximum atomic E-state index is 6.42. The van der Waals surface area contributed by atoms with Crippen molar-refractivity contribution in [3.05, 3.63) is 122 Å². The predicted octanol–water partition coefficient (Wildman–Crippen LogP) is 8.44. The van der Waals surface area contributed by atoms with Gasteiger partial charge in [0.25, 0.3) is 0 Å². The molecule has 0 saturated heterocycles. The molecule has 44 heavy (non-hydrogen) atoms. The minimum Gasteiger partial charge on any atom is -0.453 e. The monoisotopic (exact) mass is 588 g/mol. The van der Waals surface area contributed by atoms with E-state index in [1.54, 1.807) is 24.4 Å². The van der Waals surface area contributed by atoms with Gasteiger partial charge in [-0.25, -0.2) is 0 Å². The van der Waals surface area contributed by atoms with E-state index < -0.39 is 0 Å². The lowest BCUT2D eigenvalue weighted by Crippen LogP contribution is -2.21. The van der Waals surface area contributed by atoms with E-state index in [4.69, 9.17) is 4.74 Å². The zero-order valence-corrected chi connectivity index (χ0v) is 23.8. The van der Waals surface area contributed by atoms with Gasteiger partial charge in [0, 0.05) is 9.79 Å². The molecule has 2 aliphatic heterocycles. The fraction of sp³-hybridized carbons (Fsp3) is 0. The Morgan fingerprint density at radius 3 is 1.43 bits per heavy atom. The molecule has 8 aromatic rings. The zero-order chi connectivity index (χ0) is 28.8. The molecule has 0 spiro atoms. The zero-order valence-electron chi connectivity index (χ0n) is 22.9. The van der Waals surface area contributed by atoms with Crippen LogP contribution in [0.1, 0.15) is 0 Å². The highest BCUT2D eigenvalue weighted by molar-refractivity contribution is 7.99. The summed E-state index contributed by atoms with van der Waals surface area (Å²) in [6, 6.07) is 37.9. The molecular weight excluding hydrogens is 568 g/mol. The highest BCUT2D eigenvalue weighted by Crippen LogP contribution is 2.57. The highest BCUT2D eigenvalue weighted by atomic mass is 32.2. The van der Waals surface area contributed by atoms with Gasteiger partial charge in [-0.2, -0.15) is 0 Å². The summed E-state index contributed by atoms with van der Waals surface area (Å²) in [5, 5.41) is 17.3. The minimum atomic E-state index is 0.640. The van der Waals surface area contributed by atoms with Crippen LogP contribution in [0.25, 0.3) is 22.3 Å². The van der Waals surface area contributed by atoms with E-state index in [-0.39, 0.29) is 0 Å². The van der Waals surface area contributed by atoms with Gasteiger partial charge in [-0.3, -0.25) is 8.80 Å². The van der Waals surface area contributed by atoms with E-state index >= 15 is 0 Å². The van der Waals surface area contributed by atoms with E-state index in [0.717, 1.165) is 56.7 Å². The maximum absolute atomic E-state index is 6.42. The van der Waals surface area contributed by atoms with Gasteiger partial charge < -0.3 is 14.5 Å². The third-order valence-corrected chi connectivity index (χ3v) is 9.36. The third-order valence-electron chi connectivity index (χ3n) is 8.23. The number of nitrogens with zero attached hydrogens (tertiary/aromatic N) is 8. The summed E-state index contributed by atoms with van der Waals surface area (Å²) >= 11 is 1.79. The first-order valence-corrected chi connectivity index (χ1v) is 15.0. The van der Waals surface area contributed by atoms with Gasteiger partial charge in [-0.05, 0) is 60.7 Å². The quantitative estimate of drug-likeness (QED) is 0.199. The Morgan fingerprint density at radius 1 is 0.477 bits per heavy atom. The first kappa shape index (κ1) is 23.7. The fourth-order valence-electron chi connectivity index (χ4n) is 6.35. The molecule has 5 heterocycles. The van der Waals surface area contributed by atoms with Crippen LogP contribution in [0.5, 0.6) is 11.5 Å². The average Bonchev–Trinajstić information content (AvgIpc) is 3.76. The van der Waals surface area contributed by atoms with Gasteiger partial charge in [0.15, 0.2) is 11.5 Å². The molecule has 0 N–H and O–H groups in total. The second kappa shape index (κ2) is 8.82. The number of para-hydroxylation sites is 6. The predicted molar refractivity (Wildman–Crippen MR) is 171 cm³/mol. The molecule has 0 radical (unpaired) electrons. The van der Waals surface area contributed by atoms with Crippen LogP contribution in [0.2, 0.25) is 0 Å². The first-order valence-electron chi connectivity index (χ1n) is 14.1. The topological polar surface area (TPSA) is 76.1 Å². The molecule has 10 rings (SSSR count). The first-order chi connectivity index (χ1) is 21.8. The maximum Gasteiger partial charge on any atom is 0.206 e. The molecule has 5 aromatic carbocycles. The molecule has 0 atom stereocenters. The molecule has 2 aliphatic rings. The number of fused-ring (bicyclic) bond motifs is 10. The van der Waals surface area contributed by atoms with Crippen LogP contribution >= 0.6 is 11.8 Å². The minimum absolute atomic E-state index is 0.640. The van der Waals surface area contributed by atoms with Gasteiger partial charge in [0.05, 0.1) is 45.2 Å². The van der Waals surface area contributed by atoms with E-state index in [1.165, 1.54) is 9.79 Å². The van der Waals surface area contributed by atoms with Crippen molar-refractivity contribution in [3.8, 4) is 11.5 Å². The molecule has 0 saturated carbocycles. The smallest absolute Gasteiger partial charge is 0.206 e. The van der Waals surface area contributed by atoms with Crippen LogP contribution in [-0.2, 0) is 0 Å². The number of rotatable bonds is 2. The Bertz CT molecular complexity index is 2190. The molecule has 0 bridgehead atoms. The molecule has 0 unspecified atom stereocenters. The Morgan fingerprint density at radius 2 is 0.909 bits per heavy atom. The molecule has 0 aliphatic carbocycles. The Hall–Kier alpha value is -5.87. The number of aromatic nitrogens is 6. The van der Waals surface area contributed by atoms with Crippen LogP contribution in [0, 0.1) is 0 Å². The lowest BCUT2D eigenvalue weighted by atomic mass is 10.1. The van der Waals surface area contributed by atoms with Gasteiger partial charge in [-0.1, -0.05) is 60.3 Å². The number of benzene rings is 5. The number of hydrogen-bond acceptors (Lipinski definition) is 8. The van der Waals surface area contributed by atoms with Crippen molar-refractivity contribution in [2.45, 2.75) is 9.79 Å². The summed E-state index contributed by atoms with van der Waals surface area (Å²) in [5.41, 5.74) is 9.22. The van der Waals surface area contributed by atoms with Crippen molar-refractivity contribution < 1.29 is 4.74 Å². The second-order valence-corrected chi connectivity index (χ2v) is 11.7. The molecule has 3 aromatic heterocycles. The van der Waals surface area contributed by atoms with Crippen LogP contribution in [0.3, 0.4) is 0 Å². The van der Waals surface area contributed by atoms with Crippen molar-refractivity contribution in [2.75, 3.05) is 9.80 Å². The SMILES string of the molecule is c1ccc2c(c1)Oc1ccccc1N2c1cc2c(cc1N1c3ccccc3Sc3ccccc31)n1cnnc1c1nncn21. The van der Waals surface area contributed by atoms with Gasteiger partial charge in [-0.15, -0.1) is 20.4 Å². The van der Waals surface area contributed by atoms with E-state index in [0.29, 0.717) is 11.3 Å². The highest BCUT2D eigenvalue weighted by Gasteiger charge is 2.33. The molecule has 0 fully saturated rings. The van der Waals surface area contributed by atoms with Crippen molar-refractivity contribution in [1.82, 2.24) is 29.2 Å². The summed E-state index contributed by atoms with van der Waals surface area (Å²) in [7, 11) is 0. The van der Waals surface area contributed by atoms with Crippen LogP contribution < -0.4 is 14.5 Å². The lowest BCUT2D eigenvalue weighted by Gasteiger charge is -2.38. The summed E-state index contributed by atoms with van der Waals surface area (Å²) in [6.07, 6.45) is 3.47. The summed E-state index contributed by atoms with van der Waals surface area (Å²) in [5.74, 6) is 1.58. The van der Waals surface area contributed by atoms with Gasteiger partial charge in [0.1, 0.15) is 12.7 Å². The molecule has 9 nitrogen and oxygen atoms in total. The van der Waals surface area contributed by atoms with Crippen LogP contribution in [0.15, 0.2) is 132 Å². The summed E-state index contributed by atoms with van der Waals surface area (Å²) in [6.45, 7) is 0. The normalized spacial score (nSPS) is 13.5. The Labute approximate surface area is 254 Å². The number of ether oxygens (including phenoxy) is 1. The van der Waals surface area contributed by atoms with Crippen molar-refractivity contribution in [1.29, 1.82) is 0 Å². The molecule has 208 valence electrons.